The first-order valence-corrected chi connectivity index (χ1v) is 5.24. The molecule has 1 amide bonds. The normalized spacial score (nSPS) is 12.2. The first kappa shape index (κ1) is 13.9. The van der Waals surface area contributed by atoms with Crippen LogP contribution in [-0.4, -0.2) is 48.1 Å². The Morgan fingerprint density at radius 2 is 2.00 bits per heavy atom. The third-order valence-corrected chi connectivity index (χ3v) is 2.14. The molecular formula is C10H20N2O3. The van der Waals surface area contributed by atoms with Gasteiger partial charge in [0.2, 0.25) is 5.91 Å². The zero-order valence-corrected chi connectivity index (χ0v) is 9.62. The van der Waals surface area contributed by atoms with Crippen molar-refractivity contribution in [1.29, 1.82) is 0 Å². The Balaban J connectivity index is 4.17. The fourth-order valence-electron chi connectivity index (χ4n) is 1.27. The lowest BCUT2D eigenvalue weighted by molar-refractivity contribution is -0.145. The highest BCUT2D eigenvalue weighted by Gasteiger charge is 2.20. The van der Waals surface area contributed by atoms with Gasteiger partial charge in [0.15, 0.2) is 0 Å². The van der Waals surface area contributed by atoms with Crippen molar-refractivity contribution in [2.75, 3.05) is 26.2 Å². The number of rotatable bonds is 7. The molecule has 0 spiro atoms. The summed E-state index contributed by atoms with van der Waals surface area (Å²) in [6, 6.07) is 0. The average molecular weight is 216 g/mol. The van der Waals surface area contributed by atoms with Gasteiger partial charge >= 0.3 is 5.97 Å². The predicted molar refractivity (Wildman–Crippen MR) is 57.6 cm³/mol. The van der Waals surface area contributed by atoms with Crippen molar-refractivity contribution in [3.63, 3.8) is 0 Å². The Kier molecular flexibility index (Phi) is 6.70. The predicted octanol–water partition coefficient (Wildman–Crippen LogP) is 0.165. The number of hydrogen-bond donors (Lipinski definition) is 2. The second-order valence-corrected chi connectivity index (χ2v) is 3.45. The van der Waals surface area contributed by atoms with E-state index in [1.807, 2.05) is 6.92 Å². The number of carboxylic acids is 1. The molecule has 2 N–H and O–H groups in total. The maximum atomic E-state index is 11.7. The zero-order valence-electron chi connectivity index (χ0n) is 9.62. The number of carbonyl (C=O) groups is 2. The molecule has 0 aromatic rings. The number of carboxylic acid groups (broad SMARTS) is 1. The Labute approximate surface area is 90.5 Å². The van der Waals surface area contributed by atoms with Crippen LogP contribution in [0.3, 0.4) is 0 Å². The standard InChI is InChI=1S/C10H20N2O3/c1-4-11-6-8(3)10(15)12(5-2)7-9(13)14/h8,11H,4-7H2,1-3H3,(H,13,14). The first-order chi connectivity index (χ1) is 7.02. The van der Waals surface area contributed by atoms with Gasteiger partial charge in [0.1, 0.15) is 6.54 Å². The fraction of sp³-hybridized carbons (Fsp3) is 0.800. The van der Waals surface area contributed by atoms with Crippen molar-refractivity contribution in [3.05, 3.63) is 0 Å². The molecule has 0 bridgehead atoms. The van der Waals surface area contributed by atoms with Crippen LogP contribution in [-0.2, 0) is 9.59 Å². The molecule has 0 aliphatic rings. The Hall–Kier alpha value is -1.10. The van der Waals surface area contributed by atoms with E-state index in [0.29, 0.717) is 13.1 Å². The lowest BCUT2D eigenvalue weighted by Gasteiger charge is -2.22. The molecule has 0 rings (SSSR count). The maximum absolute atomic E-state index is 11.7. The Morgan fingerprint density at radius 1 is 1.40 bits per heavy atom. The quantitative estimate of drug-likeness (QED) is 0.636. The smallest absolute Gasteiger partial charge is 0.323 e. The lowest BCUT2D eigenvalue weighted by Crippen LogP contribution is -2.41. The number of likely N-dealkylation sites (N-methyl/N-ethyl adjacent to an activating group) is 1. The molecule has 0 aliphatic heterocycles. The van der Waals surface area contributed by atoms with Crippen LogP contribution in [0, 0.1) is 5.92 Å². The van der Waals surface area contributed by atoms with Gasteiger partial charge in [-0.05, 0) is 13.5 Å². The second kappa shape index (κ2) is 7.23. The lowest BCUT2D eigenvalue weighted by atomic mass is 10.1. The minimum atomic E-state index is -0.971. The summed E-state index contributed by atoms with van der Waals surface area (Å²) < 4.78 is 0. The monoisotopic (exact) mass is 216 g/mol. The van der Waals surface area contributed by atoms with Gasteiger partial charge in [0, 0.05) is 19.0 Å². The summed E-state index contributed by atoms with van der Waals surface area (Å²) in [7, 11) is 0. The van der Waals surface area contributed by atoms with E-state index in [0.717, 1.165) is 6.54 Å². The van der Waals surface area contributed by atoms with Gasteiger partial charge in [-0.25, -0.2) is 0 Å². The number of amides is 1. The molecule has 0 aromatic heterocycles. The van der Waals surface area contributed by atoms with E-state index in [4.69, 9.17) is 5.11 Å². The summed E-state index contributed by atoms with van der Waals surface area (Å²) in [5.41, 5.74) is 0. The molecule has 0 radical (unpaired) electrons. The number of nitrogens with zero attached hydrogens (tertiary/aromatic N) is 1. The minimum absolute atomic E-state index is 0.110. The summed E-state index contributed by atoms with van der Waals surface area (Å²) in [6.45, 7) is 7.16. The first-order valence-electron chi connectivity index (χ1n) is 5.24. The molecule has 0 heterocycles. The van der Waals surface area contributed by atoms with Gasteiger partial charge in [-0.15, -0.1) is 0 Å². The summed E-state index contributed by atoms with van der Waals surface area (Å²) in [4.78, 5) is 23.6. The van der Waals surface area contributed by atoms with E-state index < -0.39 is 5.97 Å². The van der Waals surface area contributed by atoms with E-state index in [-0.39, 0.29) is 18.4 Å². The molecule has 15 heavy (non-hydrogen) atoms. The SMILES string of the molecule is CCNCC(C)C(=O)N(CC)CC(=O)O. The van der Waals surface area contributed by atoms with E-state index >= 15 is 0 Å². The third kappa shape index (κ3) is 5.37. The highest BCUT2D eigenvalue weighted by molar-refractivity contribution is 5.82. The van der Waals surface area contributed by atoms with E-state index in [2.05, 4.69) is 5.32 Å². The molecule has 0 aliphatic carbocycles. The van der Waals surface area contributed by atoms with Crippen molar-refractivity contribution in [2.45, 2.75) is 20.8 Å². The summed E-state index contributed by atoms with van der Waals surface area (Å²) in [5.74, 6) is -1.26. The summed E-state index contributed by atoms with van der Waals surface area (Å²) in [5, 5.41) is 11.7. The van der Waals surface area contributed by atoms with Crippen molar-refractivity contribution >= 4 is 11.9 Å². The van der Waals surface area contributed by atoms with Crippen LogP contribution in [0.1, 0.15) is 20.8 Å². The largest absolute Gasteiger partial charge is 0.480 e. The fourth-order valence-corrected chi connectivity index (χ4v) is 1.27. The van der Waals surface area contributed by atoms with E-state index in [9.17, 15) is 9.59 Å². The second-order valence-electron chi connectivity index (χ2n) is 3.45. The van der Waals surface area contributed by atoms with Crippen LogP contribution >= 0.6 is 0 Å². The Bertz CT molecular complexity index is 219. The molecule has 0 fully saturated rings. The zero-order chi connectivity index (χ0) is 11.8. The summed E-state index contributed by atoms with van der Waals surface area (Å²) in [6.07, 6.45) is 0. The number of nitrogens with one attached hydrogen (secondary N) is 1. The van der Waals surface area contributed by atoms with Gasteiger partial charge in [0.25, 0.3) is 0 Å². The molecular weight excluding hydrogens is 196 g/mol. The van der Waals surface area contributed by atoms with Gasteiger partial charge in [-0.1, -0.05) is 13.8 Å². The van der Waals surface area contributed by atoms with E-state index in [1.54, 1.807) is 13.8 Å². The van der Waals surface area contributed by atoms with Crippen molar-refractivity contribution in [1.82, 2.24) is 10.2 Å². The van der Waals surface area contributed by atoms with Crippen molar-refractivity contribution < 1.29 is 14.7 Å². The highest BCUT2D eigenvalue weighted by Crippen LogP contribution is 2.01. The van der Waals surface area contributed by atoms with Crippen LogP contribution in [0.5, 0.6) is 0 Å². The topological polar surface area (TPSA) is 69.6 Å². The molecule has 0 aromatic carbocycles. The van der Waals surface area contributed by atoms with Crippen LogP contribution in [0.2, 0.25) is 0 Å². The molecule has 5 heteroatoms. The molecule has 0 saturated carbocycles. The summed E-state index contributed by atoms with van der Waals surface area (Å²) >= 11 is 0. The van der Waals surface area contributed by atoms with Crippen LogP contribution < -0.4 is 5.32 Å². The molecule has 1 atom stereocenters. The third-order valence-electron chi connectivity index (χ3n) is 2.14. The van der Waals surface area contributed by atoms with Gasteiger partial charge in [-0.3, -0.25) is 9.59 Å². The number of aliphatic carboxylic acids is 1. The highest BCUT2D eigenvalue weighted by atomic mass is 16.4. The van der Waals surface area contributed by atoms with Gasteiger partial charge in [-0.2, -0.15) is 0 Å². The molecule has 5 nitrogen and oxygen atoms in total. The Morgan fingerprint density at radius 3 is 2.40 bits per heavy atom. The van der Waals surface area contributed by atoms with Crippen molar-refractivity contribution in [2.24, 2.45) is 5.92 Å². The van der Waals surface area contributed by atoms with Crippen LogP contribution in [0.4, 0.5) is 0 Å². The molecule has 88 valence electrons. The van der Waals surface area contributed by atoms with Crippen molar-refractivity contribution in [3.8, 4) is 0 Å². The minimum Gasteiger partial charge on any atom is -0.480 e. The maximum Gasteiger partial charge on any atom is 0.323 e. The number of carbonyl (C=O) groups excluding carboxylic acids is 1. The van der Waals surface area contributed by atoms with Gasteiger partial charge < -0.3 is 15.3 Å². The van der Waals surface area contributed by atoms with Crippen LogP contribution in [0.15, 0.2) is 0 Å². The van der Waals surface area contributed by atoms with Crippen LogP contribution in [0.25, 0.3) is 0 Å². The number of hydrogen-bond acceptors (Lipinski definition) is 3. The van der Waals surface area contributed by atoms with E-state index in [1.165, 1.54) is 4.90 Å². The molecule has 0 saturated heterocycles. The average Bonchev–Trinajstić information content (AvgIpc) is 2.21. The van der Waals surface area contributed by atoms with Gasteiger partial charge in [0.05, 0.1) is 0 Å². The molecule has 1 unspecified atom stereocenters.